The van der Waals surface area contributed by atoms with Gasteiger partial charge in [-0.2, -0.15) is 0 Å². The van der Waals surface area contributed by atoms with Gasteiger partial charge in [0.25, 0.3) is 0 Å². The van der Waals surface area contributed by atoms with Crippen molar-refractivity contribution in [3.05, 3.63) is 42.5 Å². The minimum atomic E-state index is -0.281. The van der Waals surface area contributed by atoms with Gasteiger partial charge in [-0.3, -0.25) is 0 Å². The summed E-state index contributed by atoms with van der Waals surface area (Å²) in [4.78, 5) is 23.5. The molecule has 0 aliphatic carbocycles. The molecule has 13 heavy (non-hydrogen) atoms. The summed E-state index contributed by atoms with van der Waals surface area (Å²) in [5, 5.41) is 0. The van der Waals surface area contributed by atoms with Gasteiger partial charge in [-0.15, -0.1) is 0 Å². The summed E-state index contributed by atoms with van der Waals surface area (Å²) in [6, 6.07) is 8.86. The maximum Gasteiger partial charge on any atom is 0.400 e. The Morgan fingerprint density at radius 3 is 1.92 bits per heavy atom. The number of imide groups is 1. The van der Waals surface area contributed by atoms with Crippen molar-refractivity contribution < 1.29 is 9.59 Å². The first-order valence-corrected chi connectivity index (χ1v) is 3.90. The van der Waals surface area contributed by atoms with Crippen molar-refractivity contribution in [2.75, 3.05) is 0 Å². The number of benzene rings is 1. The van der Waals surface area contributed by atoms with Crippen LogP contribution >= 0.6 is 0 Å². The van der Waals surface area contributed by atoms with E-state index in [1.165, 1.54) is 12.2 Å². The van der Waals surface area contributed by atoms with Crippen LogP contribution in [0.25, 0.3) is 0 Å². The van der Waals surface area contributed by atoms with Gasteiger partial charge in [-0.25, -0.2) is 9.59 Å². The van der Waals surface area contributed by atoms with Crippen LogP contribution in [-0.2, 0) is 9.59 Å². The van der Waals surface area contributed by atoms with Gasteiger partial charge in [0.15, 0.2) is 5.69 Å². The van der Waals surface area contributed by atoms with E-state index in [9.17, 15) is 9.59 Å². The van der Waals surface area contributed by atoms with E-state index in [-0.39, 0.29) is 11.8 Å². The van der Waals surface area contributed by atoms with Crippen molar-refractivity contribution in [1.82, 2.24) is 4.90 Å². The van der Waals surface area contributed by atoms with Gasteiger partial charge < -0.3 is 0 Å². The second kappa shape index (κ2) is 2.95. The summed E-state index contributed by atoms with van der Waals surface area (Å²) in [6.07, 6.45) is 2.55. The Balaban J connectivity index is 2.38. The molecule has 1 aliphatic heterocycles. The summed E-state index contributed by atoms with van der Waals surface area (Å²) in [5.74, 6) is -0.563. The molecule has 0 saturated carbocycles. The number of hydrogen-bond acceptors (Lipinski definition) is 2. The van der Waals surface area contributed by atoms with E-state index in [0.29, 0.717) is 5.69 Å². The van der Waals surface area contributed by atoms with E-state index < -0.39 is 0 Å². The van der Waals surface area contributed by atoms with E-state index in [1.807, 2.05) is 6.07 Å². The Morgan fingerprint density at radius 2 is 1.38 bits per heavy atom. The fraction of sp³-hybridized carbons (Fsp3) is 0. The lowest BCUT2D eigenvalue weighted by molar-refractivity contribution is -0.127. The molecule has 0 unspecified atom stereocenters. The molecule has 0 saturated heterocycles. The van der Waals surface area contributed by atoms with Crippen LogP contribution in [0.15, 0.2) is 42.5 Å². The first-order chi connectivity index (χ1) is 6.29. The molecule has 3 nitrogen and oxygen atoms in total. The van der Waals surface area contributed by atoms with Crippen LogP contribution in [0, 0.1) is 0 Å². The highest BCUT2D eigenvalue weighted by Crippen LogP contribution is 2.16. The van der Waals surface area contributed by atoms with Crippen LogP contribution < -0.4 is 4.90 Å². The Hall–Kier alpha value is -1.74. The van der Waals surface area contributed by atoms with Crippen molar-refractivity contribution in [1.29, 1.82) is 0 Å². The molecular weight excluding hydrogens is 166 g/mol. The Bertz CT molecular complexity index is 363. The third-order valence-electron chi connectivity index (χ3n) is 1.82. The average molecular weight is 173 g/mol. The van der Waals surface area contributed by atoms with Crippen molar-refractivity contribution in [3.63, 3.8) is 0 Å². The van der Waals surface area contributed by atoms with Gasteiger partial charge in [0.2, 0.25) is 0 Å². The zero-order chi connectivity index (χ0) is 9.26. The van der Waals surface area contributed by atoms with Gasteiger partial charge in [-0.05, 0) is 0 Å². The molecule has 0 aromatic heterocycles. The lowest BCUT2D eigenvalue weighted by Crippen LogP contribution is -2.30. The SMILES string of the molecule is O=C1C=CC(=O)[N+]1c1ccccc1. The number of anilines is 1. The number of amides is 2. The zero-order valence-corrected chi connectivity index (χ0v) is 6.81. The van der Waals surface area contributed by atoms with Gasteiger partial charge in [0, 0.05) is 17.0 Å². The van der Waals surface area contributed by atoms with Crippen molar-refractivity contribution in [3.8, 4) is 0 Å². The van der Waals surface area contributed by atoms with E-state index in [1.54, 1.807) is 24.3 Å². The normalized spacial score (nSPS) is 16.9. The third kappa shape index (κ3) is 1.29. The number of hydrogen-bond donors (Lipinski definition) is 0. The van der Waals surface area contributed by atoms with Crippen LogP contribution in [0.3, 0.4) is 0 Å². The highest BCUT2D eigenvalue weighted by Gasteiger charge is 2.39. The van der Waals surface area contributed by atoms with Crippen LogP contribution in [0.1, 0.15) is 0 Å². The second-order valence-electron chi connectivity index (χ2n) is 2.68. The van der Waals surface area contributed by atoms with Gasteiger partial charge in [0.05, 0.1) is 12.2 Å². The smallest absolute Gasteiger partial charge is 0.219 e. The number of rotatable bonds is 1. The van der Waals surface area contributed by atoms with E-state index >= 15 is 0 Å². The third-order valence-corrected chi connectivity index (χ3v) is 1.82. The molecule has 0 atom stereocenters. The fourth-order valence-electron chi connectivity index (χ4n) is 1.23. The summed E-state index contributed by atoms with van der Waals surface area (Å²) in [6.45, 7) is 0. The van der Waals surface area contributed by atoms with E-state index in [4.69, 9.17) is 0 Å². The largest absolute Gasteiger partial charge is 0.400 e. The van der Waals surface area contributed by atoms with Gasteiger partial charge >= 0.3 is 11.8 Å². The minimum Gasteiger partial charge on any atom is -0.219 e. The van der Waals surface area contributed by atoms with Crippen molar-refractivity contribution >= 4 is 17.5 Å². The second-order valence-corrected chi connectivity index (χ2v) is 2.68. The van der Waals surface area contributed by atoms with Crippen molar-refractivity contribution in [2.24, 2.45) is 0 Å². The summed E-state index contributed by atoms with van der Waals surface area (Å²) in [5.41, 5.74) is 0.613. The average Bonchev–Trinajstić information content (AvgIpc) is 2.48. The first kappa shape index (κ1) is 7.89. The quantitative estimate of drug-likeness (QED) is 0.471. The van der Waals surface area contributed by atoms with Gasteiger partial charge in [0.1, 0.15) is 0 Å². The molecule has 1 aliphatic rings. The maximum atomic E-state index is 11.2. The van der Waals surface area contributed by atoms with E-state index in [0.717, 1.165) is 4.90 Å². The number of carbonyl (C=O) groups is 2. The number of para-hydroxylation sites is 1. The predicted molar refractivity (Wildman–Crippen MR) is 47.4 cm³/mol. The topological polar surface area (TPSA) is 40.0 Å². The van der Waals surface area contributed by atoms with Crippen LogP contribution in [-0.4, -0.2) is 11.8 Å². The van der Waals surface area contributed by atoms with E-state index in [2.05, 4.69) is 0 Å². The van der Waals surface area contributed by atoms with Crippen molar-refractivity contribution in [2.45, 2.75) is 0 Å². The van der Waals surface area contributed by atoms with Crippen LogP contribution in [0.4, 0.5) is 5.69 Å². The first-order valence-electron chi connectivity index (χ1n) is 3.90. The number of nitrogens with zero attached hydrogens (tertiary/aromatic N) is 1. The summed E-state index contributed by atoms with van der Waals surface area (Å²) >= 11 is 0. The molecular formula is C10H7NO2+. The Kier molecular flexibility index (Phi) is 1.79. The zero-order valence-electron chi connectivity index (χ0n) is 6.81. The maximum absolute atomic E-state index is 11.2. The molecule has 3 heteroatoms. The standard InChI is InChI=1S/C10H7NO2/c12-9-6-7-10(13)11(9)8-4-2-1-3-5-8/h1-7H/q+1. The van der Waals surface area contributed by atoms with Crippen LogP contribution in [0.2, 0.25) is 0 Å². The molecule has 0 spiro atoms. The highest BCUT2D eigenvalue weighted by atomic mass is 16.2. The molecule has 63 valence electrons. The lowest BCUT2D eigenvalue weighted by atomic mass is 10.3. The molecule has 1 heterocycles. The lowest BCUT2D eigenvalue weighted by Gasteiger charge is -1.97. The Labute approximate surface area is 75.3 Å². The predicted octanol–water partition coefficient (Wildman–Crippen LogP) is 1.08. The molecule has 2 amide bonds. The molecule has 2 rings (SSSR count). The van der Waals surface area contributed by atoms with Crippen LogP contribution in [0.5, 0.6) is 0 Å². The minimum absolute atomic E-state index is 0.281. The number of carbonyl (C=O) groups excluding carboxylic acids is 2. The molecule has 1 aromatic carbocycles. The summed E-state index contributed by atoms with van der Waals surface area (Å²) in [7, 11) is 0. The molecule has 0 N–H and O–H groups in total. The fourth-order valence-corrected chi connectivity index (χ4v) is 1.23. The highest BCUT2D eigenvalue weighted by molar-refractivity contribution is 6.19. The molecule has 1 radical (unpaired) electrons. The Morgan fingerprint density at radius 1 is 0.846 bits per heavy atom. The van der Waals surface area contributed by atoms with Gasteiger partial charge in [-0.1, -0.05) is 18.2 Å². The molecule has 0 fully saturated rings. The molecule has 1 aromatic rings. The summed E-state index contributed by atoms with van der Waals surface area (Å²) < 4.78 is 0. The monoisotopic (exact) mass is 173 g/mol. The molecule has 0 bridgehead atoms.